The highest BCUT2D eigenvalue weighted by atomic mass is 15.6. The Morgan fingerprint density at radius 2 is 1.24 bits per heavy atom. The third-order valence-electron chi connectivity index (χ3n) is 3.61. The fourth-order valence-corrected chi connectivity index (χ4v) is 2.55. The molecule has 112 valence electrons. The van der Waals surface area contributed by atoms with Gasteiger partial charge < -0.3 is 4.90 Å². The summed E-state index contributed by atoms with van der Waals surface area (Å²) in [7, 11) is 4.18. The van der Waals surface area contributed by atoms with Crippen LogP contribution < -0.4 is 9.91 Å². The second-order valence-electron chi connectivity index (χ2n) is 5.17. The monoisotopic (exact) mass is 283 g/mol. The van der Waals surface area contributed by atoms with Crippen LogP contribution in [0.5, 0.6) is 0 Å². The van der Waals surface area contributed by atoms with E-state index in [-0.39, 0.29) is 0 Å². The molecule has 0 aliphatic carbocycles. The van der Waals surface area contributed by atoms with Gasteiger partial charge in [-0.25, -0.2) is 5.01 Å². The van der Waals surface area contributed by atoms with Crippen LogP contribution in [0.2, 0.25) is 0 Å². The van der Waals surface area contributed by atoms with Crippen molar-refractivity contribution in [3.05, 3.63) is 54.6 Å². The lowest BCUT2D eigenvalue weighted by Gasteiger charge is -2.37. The van der Waals surface area contributed by atoms with Crippen molar-refractivity contribution in [1.82, 2.24) is 5.01 Å². The Bertz CT molecular complexity index is 547. The molecule has 0 saturated carbocycles. The van der Waals surface area contributed by atoms with Crippen LogP contribution in [0, 0.1) is 0 Å². The maximum atomic E-state index is 2.34. The minimum Gasteiger partial charge on any atom is -0.376 e. The largest absolute Gasteiger partial charge is 0.376 e. The van der Waals surface area contributed by atoms with Crippen molar-refractivity contribution < 1.29 is 0 Å². The minimum absolute atomic E-state index is 0.965. The highest BCUT2D eigenvalue weighted by molar-refractivity contribution is 5.76. The number of rotatable bonds is 6. The summed E-state index contributed by atoms with van der Waals surface area (Å²) in [6, 6.07) is 19.1. The van der Waals surface area contributed by atoms with E-state index in [0.29, 0.717) is 0 Å². The van der Waals surface area contributed by atoms with Crippen molar-refractivity contribution in [3.8, 4) is 0 Å². The van der Waals surface area contributed by atoms with Crippen molar-refractivity contribution >= 4 is 17.1 Å². The molecule has 0 heterocycles. The average molecular weight is 283 g/mol. The van der Waals surface area contributed by atoms with Gasteiger partial charge in [0.2, 0.25) is 0 Å². The van der Waals surface area contributed by atoms with Gasteiger partial charge in [0, 0.05) is 27.2 Å². The maximum absolute atomic E-state index is 2.34. The Morgan fingerprint density at radius 3 is 1.76 bits per heavy atom. The molecule has 0 N–H and O–H groups in total. The van der Waals surface area contributed by atoms with Crippen LogP contribution >= 0.6 is 0 Å². The summed E-state index contributed by atoms with van der Waals surface area (Å²) in [6.07, 6.45) is 0. The molecule has 0 aromatic heterocycles. The molecule has 0 spiro atoms. The first-order chi connectivity index (χ1) is 10.2. The first kappa shape index (κ1) is 15.4. The van der Waals surface area contributed by atoms with Crippen molar-refractivity contribution in [1.29, 1.82) is 0 Å². The van der Waals surface area contributed by atoms with Crippen molar-refractivity contribution in [2.45, 2.75) is 13.8 Å². The zero-order valence-electron chi connectivity index (χ0n) is 13.5. The molecular formula is C18H25N3. The molecule has 0 radical (unpaired) electrons. The summed E-state index contributed by atoms with van der Waals surface area (Å²) >= 11 is 0. The van der Waals surface area contributed by atoms with Gasteiger partial charge in [-0.2, -0.15) is 0 Å². The molecule has 0 aliphatic heterocycles. The van der Waals surface area contributed by atoms with Gasteiger partial charge in [-0.3, -0.25) is 5.01 Å². The van der Waals surface area contributed by atoms with E-state index >= 15 is 0 Å². The van der Waals surface area contributed by atoms with Crippen molar-refractivity contribution in [2.75, 3.05) is 37.1 Å². The fourth-order valence-electron chi connectivity index (χ4n) is 2.55. The normalized spacial score (nSPS) is 10.7. The molecular weight excluding hydrogens is 258 g/mol. The molecule has 0 fully saturated rings. The summed E-state index contributed by atoms with van der Waals surface area (Å²) in [5.41, 5.74) is 3.61. The lowest BCUT2D eigenvalue weighted by atomic mass is 10.2. The van der Waals surface area contributed by atoms with Crippen LogP contribution in [0.25, 0.3) is 0 Å². The molecule has 2 rings (SSSR count). The van der Waals surface area contributed by atoms with E-state index in [0.717, 1.165) is 13.1 Å². The van der Waals surface area contributed by atoms with E-state index < -0.39 is 0 Å². The zero-order valence-corrected chi connectivity index (χ0v) is 13.5. The Morgan fingerprint density at radius 1 is 0.714 bits per heavy atom. The highest BCUT2D eigenvalue weighted by Gasteiger charge is 2.19. The van der Waals surface area contributed by atoms with E-state index in [4.69, 9.17) is 0 Å². The second-order valence-corrected chi connectivity index (χ2v) is 5.17. The van der Waals surface area contributed by atoms with Crippen LogP contribution in [0.15, 0.2) is 54.6 Å². The van der Waals surface area contributed by atoms with Gasteiger partial charge >= 0.3 is 0 Å². The molecule has 3 nitrogen and oxygen atoms in total. The number of para-hydroxylation sites is 3. The van der Waals surface area contributed by atoms with Crippen LogP contribution in [0.4, 0.5) is 17.1 Å². The summed E-state index contributed by atoms with van der Waals surface area (Å²) in [5.74, 6) is 0. The molecule has 0 aliphatic rings. The first-order valence-electron chi connectivity index (χ1n) is 7.55. The fraction of sp³-hybridized carbons (Fsp3) is 0.333. The average Bonchev–Trinajstić information content (AvgIpc) is 2.53. The topological polar surface area (TPSA) is 9.72 Å². The minimum atomic E-state index is 0.965. The Hall–Kier alpha value is -2.00. The van der Waals surface area contributed by atoms with Crippen LogP contribution in [-0.4, -0.2) is 32.2 Å². The second kappa shape index (κ2) is 7.14. The van der Waals surface area contributed by atoms with Gasteiger partial charge in [0.15, 0.2) is 0 Å². The molecule has 2 aromatic carbocycles. The molecule has 2 aromatic rings. The molecule has 0 unspecified atom stereocenters. The molecule has 0 atom stereocenters. The van der Waals surface area contributed by atoms with Gasteiger partial charge in [0.1, 0.15) is 0 Å². The maximum Gasteiger partial charge on any atom is 0.0813 e. The molecule has 0 bridgehead atoms. The lowest BCUT2D eigenvalue weighted by molar-refractivity contribution is 0.309. The van der Waals surface area contributed by atoms with Crippen molar-refractivity contribution in [3.63, 3.8) is 0 Å². The SMILES string of the molecule is CCN(CC)N(c1ccccc1)c1ccccc1N(C)C. The summed E-state index contributed by atoms with van der Waals surface area (Å²) < 4.78 is 0. The van der Waals surface area contributed by atoms with Gasteiger partial charge in [-0.15, -0.1) is 0 Å². The summed E-state index contributed by atoms with van der Waals surface area (Å²) in [5, 5.41) is 4.66. The number of hydrazine groups is 1. The zero-order chi connectivity index (χ0) is 15.2. The third kappa shape index (κ3) is 3.37. The number of hydrogen-bond donors (Lipinski definition) is 0. The van der Waals surface area contributed by atoms with E-state index in [1.54, 1.807) is 0 Å². The van der Waals surface area contributed by atoms with Gasteiger partial charge in [-0.05, 0) is 24.3 Å². The van der Waals surface area contributed by atoms with Gasteiger partial charge in [0.05, 0.1) is 17.1 Å². The molecule has 0 saturated heterocycles. The van der Waals surface area contributed by atoms with E-state index in [1.165, 1.54) is 17.1 Å². The predicted octanol–water partition coefficient (Wildman–Crippen LogP) is 4.15. The smallest absolute Gasteiger partial charge is 0.0813 e. The molecule has 3 heteroatoms. The third-order valence-corrected chi connectivity index (χ3v) is 3.61. The Kier molecular flexibility index (Phi) is 5.23. The standard InChI is InChI=1S/C18H25N3/c1-5-20(6-2)21(16-12-8-7-9-13-16)18-15-11-10-14-17(18)19(3)4/h7-15H,5-6H2,1-4H3. The quantitative estimate of drug-likeness (QED) is 0.737. The van der Waals surface area contributed by atoms with Gasteiger partial charge in [0.25, 0.3) is 0 Å². The van der Waals surface area contributed by atoms with Crippen LogP contribution in [-0.2, 0) is 0 Å². The summed E-state index contributed by atoms with van der Waals surface area (Å²) in [6.45, 7) is 6.32. The number of hydrogen-bond acceptors (Lipinski definition) is 3. The van der Waals surface area contributed by atoms with E-state index in [9.17, 15) is 0 Å². The van der Waals surface area contributed by atoms with E-state index in [1.807, 2.05) is 0 Å². The molecule has 0 amide bonds. The Labute approximate surface area is 128 Å². The Balaban J connectivity index is 2.55. The molecule has 21 heavy (non-hydrogen) atoms. The number of nitrogens with zero attached hydrogens (tertiary/aromatic N) is 3. The number of anilines is 3. The van der Waals surface area contributed by atoms with Crippen molar-refractivity contribution in [2.24, 2.45) is 0 Å². The first-order valence-corrected chi connectivity index (χ1v) is 7.55. The van der Waals surface area contributed by atoms with Crippen LogP contribution in [0.3, 0.4) is 0 Å². The predicted molar refractivity (Wildman–Crippen MR) is 92.3 cm³/mol. The van der Waals surface area contributed by atoms with Gasteiger partial charge in [-0.1, -0.05) is 44.2 Å². The highest BCUT2D eigenvalue weighted by Crippen LogP contribution is 2.34. The number of benzene rings is 2. The van der Waals surface area contributed by atoms with E-state index in [2.05, 4.69) is 97.5 Å². The lowest BCUT2D eigenvalue weighted by Crippen LogP contribution is -2.39. The summed E-state index contributed by atoms with van der Waals surface area (Å²) in [4.78, 5) is 2.16. The van der Waals surface area contributed by atoms with Crippen LogP contribution in [0.1, 0.15) is 13.8 Å².